The van der Waals surface area contributed by atoms with E-state index in [1.54, 1.807) is 12.1 Å². The number of benzene rings is 1. The minimum absolute atomic E-state index is 0.252. The number of nitrogens with zero attached hydrogens (tertiary/aromatic N) is 1. The number of para-hydroxylation sites is 2. The van der Waals surface area contributed by atoms with E-state index in [0.29, 0.717) is 12.0 Å². The van der Waals surface area contributed by atoms with Crippen LogP contribution in [0.5, 0.6) is 5.75 Å². The molecule has 20 heavy (non-hydrogen) atoms. The third-order valence-electron chi connectivity index (χ3n) is 3.71. The Morgan fingerprint density at radius 1 is 1.30 bits per heavy atom. The topological polar surface area (TPSA) is 24.5 Å². The first-order valence-electron chi connectivity index (χ1n) is 7.03. The van der Waals surface area contributed by atoms with Crippen LogP contribution in [0.2, 0.25) is 0 Å². The summed E-state index contributed by atoms with van der Waals surface area (Å²) in [5, 5.41) is 3.44. The Kier molecular flexibility index (Phi) is 4.81. The predicted octanol–water partition coefficient (Wildman–Crippen LogP) is 3.11. The molecule has 1 saturated heterocycles. The van der Waals surface area contributed by atoms with Crippen LogP contribution in [0.4, 0.5) is 14.5 Å². The molecule has 0 aromatic heterocycles. The van der Waals surface area contributed by atoms with Gasteiger partial charge in [-0.25, -0.2) is 0 Å². The van der Waals surface area contributed by atoms with Crippen LogP contribution in [0.1, 0.15) is 20.8 Å². The zero-order chi connectivity index (χ0) is 14.7. The second-order valence-corrected chi connectivity index (χ2v) is 5.62. The lowest BCUT2D eigenvalue weighted by atomic mass is 9.98. The minimum Gasteiger partial charge on any atom is -0.433 e. The quantitative estimate of drug-likeness (QED) is 0.919. The van der Waals surface area contributed by atoms with Crippen molar-refractivity contribution < 1.29 is 13.5 Å². The van der Waals surface area contributed by atoms with Crippen molar-refractivity contribution in [3.63, 3.8) is 0 Å². The van der Waals surface area contributed by atoms with Crippen LogP contribution in [0, 0.1) is 5.92 Å². The molecule has 5 heteroatoms. The lowest BCUT2D eigenvalue weighted by molar-refractivity contribution is -0.0496. The van der Waals surface area contributed by atoms with Crippen LogP contribution < -0.4 is 15.0 Å². The summed E-state index contributed by atoms with van der Waals surface area (Å²) in [6.07, 6.45) is 0. The third kappa shape index (κ3) is 3.39. The van der Waals surface area contributed by atoms with E-state index >= 15 is 0 Å². The Hall–Kier alpha value is -1.36. The van der Waals surface area contributed by atoms with Crippen molar-refractivity contribution in [3.05, 3.63) is 24.3 Å². The van der Waals surface area contributed by atoms with Gasteiger partial charge in [-0.2, -0.15) is 8.78 Å². The van der Waals surface area contributed by atoms with Crippen LogP contribution >= 0.6 is 0 Å². The fourth-order valence-electron chi connectivity index (χ4n) is 2.69. The first-order chi connectivity index (χ1) is 9.49. The Bertz CT molecular complexity index is 440. The molecule has 0 spiro atoms. The Balaban J connectivity index is 2.31. The molecule has 0 saturated carbocycles. The van der Waals surface area contributed by atoms with Gasteiger partial charge >= 0.3 is 6.61 Å². The molecule has 2 atom stereocenters. The molecule has 0 bridgehead atoms. The highest BCUT2D eigenvalue weighted by Gasteiger charge is 2.30. The monoisotopic (exact) mass is 284 g/mol. The van der Waals surface area contributed by atoms with Crippen LogP contribution in [-0.2, 0) is 0 Å². The lowest BCUT2D eigenvalue weighted by Crippen LogP contribution is -2.57. The summed E-state index contributed by atoms with van der Waals surface area (Å²) in [5.41, 5.74) is 0.750. The lowest BCUT2D eigenvalue weighted by Gasteiger charge is -2.43. The Labute approximate surface area is 118 Å². The van der Waals surface area contributed by atoms with Crippen LogP contribution in [0.25, 0.3) is 0 Å². The largest absolute Gasteiger partial charge is 0.433 e. The summed E-state index contributed by atoms with van der Waals surface area (Å²) in [5.74, 6) is 0.678. The molecule has 0 radical (unpaired) electrons. The van der Waals surface area contributed by atoms with Crippen molar-refractivity contribution in [2.45, 2.75) is 39.5 Å². The van der Waals surface area contributed by atoms with Gasteiger partial charge in [0, 0.05) is 25.2 Å². The van der Waals surface area contributed by atoms with Crippen LogP contribution in [-0.4, -0.2) is 31.8 Å². The highest BCUT2D eigenvalue weighted by Crippen LogP contribution is 2.33. The standard InChI is InChI=1S/C15H22F2N2O/c1-10(2)13-8-18-11(3)9-19(13)12-6-4-5-7-14(12)20-15(16)17/h4-7,10-11,13,15,18H,8-9H2,1-3H3. The van der Waals surface area contributed by atoms with E-state index < -0.39 is 6.61 Å². The third-order valence-corrected chi connectivity index (χ3v) is 3.71. The molecular weight excluding hydrogens is 262 g/mol. The highest BCUT2D eigenvalue weighted by molar-refractivity contribution is 5.59. The van der Waals surface area contributed by atoms with E-state index in [4.69, 9.17) is 0 Å². The summed E-state index contributed by atoms with van der Waals surface area (Å²) in [6, 6.07) is 7.63. The summed E-state index contributed by atoms with van der Waals surface area (Å²) >= 11 is 0. The number of alkyl halides is 2. The number of ether oxygens (including phenoxy) is 1. The summed E-state index contributed by atoms with van der Waals surface area (Å²) in [6.45, 7) is 5.22. The average Bonchev–Trinajstić information content (AvgIpc) is 2.38. The number of hydrogen-bond acceptors (Lipinski definition) is 3. The molecule has 2 rings (SSSR count). The zero-order valence-electron chi connectivity index (χ0n) is 12.1. The zero-order valence-corrected chi connectivity index (χ0v) is 12.1. The van der Waals surface area contributed by atoms with E-state index in [9.17, 15) is 8.78 Å². The number of hydrogen-bond donors (Lipinski definition) is 1. The molecule has 2 unspecified atom stereocenters. The maximum Gasteiger partial charge on any atom is 0.387 e. The summed E-state index contributed by atoms with van der Waals surface area (Å²) in [7, 11) is 0. The van der Waals surface area contributed by atoms with Crippen LogP contribution in [0.15, 0.2) is 24.3 Å². The van der Waals surface area contributed by atoms with E-state index in [1.165, 1.54) is 0 Å². The number of piperazine rings is 1. The van der Waals surface area contributed by atoms with Crippen molar-refractivity contribution in [2.75, 3.05) is 18.0 Å². The van der Waals surface area contributed by atoms with Gasteiger partial charge in [0.1, 0.15) is 5.75 Å². The maximum atomic E-state index is 12.5. The fraction of sp³-hybridized carbons (Fsp3) is 0.600. The maximum absolute atomic E-state index is 12.5. The first-order valence-corrected chi connectivity index (χ1v) is 7.03. The molecule has 1 heterocycles. The molecule has 1 fully saturated rings. The predicted molar refractivity (Wildman–Crippen MR) is 76.5 cm³/mol. The molecule has 0 aliphatic carbocycles. The second-order valence-electron chi connectivity index (χ2n) is 5.62. The molecule has 1 aliphatic rings. The molecule has 1 aromatic rings. The van der Waals surface area contributed by atoms with E-state index in [2.05, 4.69) is 35.7 Å². The molecule has 1 aromatic carbocycles. The van der Waals surface area contributed by atoms with Gasteiger partial charge in [0.15, 0.2) is 0 Å². The van der Waals surface area contributed by atoms with Crippen molar-refractivity contribution >= 4 is 5.69 Å². The average molecular weight is 284 g/mol. The van der Waals surface area contributed by atoms with Gasteiger partial charge in [0.25, 0.3) is 0 Å². The number of anilines is 1. The van der Waals surface area contributed by atoms with Crippen LogP contribution in [0.3, 0.4) is 0 Å². The van der Waals surface area contributed by atoms with Crippen molar-refractivity contribution in [3.8, 4) is 5.75 Å². The highest BCUT2D eigenvalue weighted by atomic mass is 19.3. The molecule has 112 valence electrons. The number of nitrogens with one attached hydrogen (secondary N) is 1. The van der Waals surface area contributed by atoms with Gasteiger partial charge in [-0.05, 0) is 25.0 Å². The van der Waals surface area contributed by atoms with Gasteiger partial charge in [-0.15, -0.1) is 0 Å². The number of halogens is 2. The fourth-order valence-corrected chi connectivity index (χ4v) is 2.69. The SMILES string of the molecule is CC1CN(c2ccccc2OC(F)F)C(C(C)C)CN1. The molecular formula is C15H22F2N2O. The van der Waals surface area contributed by atoms with Gasteiger partial charge in [0.2, 0.25) is 0 Å². The van der Waals surface area contributed by atoms with Gasteiger partial charge in [0.05, 0.1) is 5.69 Å². The van der Waals surface area contributed by atoms with E-state index in [-0.39, 0.29) is 11.8 Å². The van der Waals surface area contributed by atoms with Gasteiger partial charge in [-0.3, -0.25) is 0 Å². The smallest absolute Gasteiger partial charge is 0.387 e. The molecule has 3 nitrogen and oxygen atoms in total. The summed E-state index contributed by atoms with van der Waals surface area (Å²) in [4.78, 5) is 2.18. The van der Waals surface area contributed by atoms with Gasteiger partial charge in [-0.1, -0.05) is 26.0 Å². The normalized spacial score (nSPS) is 23.4. The Morgan fingerprint density at radius 3 is 2.65 bits per heavy atom. The van der Waals surface area contributed by atoms with Crippen molar-refractivity contribution in [1.29, 1.82) is 0 Å². The van der Waals surface area contributed by atoms with E-state index in [0.717, 1.165) is 18.8 Å². The van der Waals surface area contributed by atoms with Crippen molar-refractivity contribution in [2.24, 2.45) is 5.92 Å². The molecule has 0 amide bonds. The number of rotatable bonds is 4. The minimum atomic E-state index is -2.80. The van der Waals surface area contributed by atoms with Crippen molar-refractivity contribution in [1.82, 2.24) is 5.32 Å². The Morgan fingerprint density at radius 2 is 2.00 bits per heavy atom. The first kappa shape index (κ1) is 15.0. The second kappa shape index (κ2) is 6.39. The molecule has 1 aliphatic heterocycles. The summed E-state index contributed by atoms with van der Waals surface area (Å²) < 4.78 is 29.8. The van der Waals surface area contributed by atoms with Gasteiger partial charge < -0.3 is 15.0 Å². The van der Waals surface area contributed by atoms with E-state index in [1.807, 2.05) is 12.1 Å². The molecule has 1 N–H and O–H groups in total.